The number of epoxide rings is 1. The molecule has 1 fully saturated rings. The van der Waals surface area contributed by atoms with Crippen LogP contribution >= 0.6 is 55.1 Å². The predicted molar refractivity (Wildman–Crippen MR) is 501 cm³/mol. The summed E-state index contributed by atoms with van der Waals surface area (Å²) in [5, 5.41) is 36.6. The van der Waals surface area contributed by atoms with Crippen LogP contribution in [0.2, 0.25) is 0 Å². The van der Waals surface area contributed by atoms with E-state index in [0.29, 0.717) is 57.6 Å². The third kappa shape index (κ3) is 49.1. The number of nitrogens with two attached hydrogens (primary N) is 4. The maximum atomic E-state index is 11.8. The second-order valence-corrected chi connectivity index (χ2v) is 28.7. The van der Waals surface area contributed by atoms with Crippen LogP contribution in [-0.2, 0) is 177 Å². The first-order valence-electron chi connectivity index (χ1n) is 38.8. The van der Waals surface area contributed by atoms with Gasteiger partial charge in [0.25, 0.3) is 17.8 Å². The largest absolute Gasteiger partial charge is 0.481 e. The molecule has 10 aromatic carbocycles. The number of imide groups is 1. The number of aliphatic hydroxyl groups excluding tert-OH is 1. The van der Waals surface area contributed by atoms with Gasteiger partial charge in [-0.2, -0.15) is 0 Å². The van der Waals surface area contributed by atoms with Crippen molar-refractivity contribution in [3.8, 4) is 0 Å². The van der Waals surface area contributed by atoms with Crippen LogP contribution in [0.5, 0.6) is 0 Å². The Balaban J connectivity index is 0. The summed E-state index contributed by atoms with van der Waals surface area (Å²) in [6, 6.07) is 101. The number of carboxylic acid groups (broad SMARTS) is 1. The van der Waals surface area contributed by atoms with Gasteiger partial charge in [0.2, 0.25) is 0 Å². The van der Waals surface area contributed by atoms with Crippen molar-refractivity contribution < 1.29 is 180 Å². The number of amides is 4. The molecule has 4 amide bonds. The Morgan fingerprint density at radius 3 is 0.869 bits per heavy atom. The molecule has 3 radical (unpaired) electrons. The molecule has 2 heterocycles. The Labute approximate surface area is 865 Å². The Bertz CT molecular complexity index is 4040. The van der Waals surface area contributed by atoms with E-state index in [2.05, 4.69) is 374 Å². The molecule has 1 unspecified atom stereocenters. The first-order valence-corrected chi connectivity index (χ1v) is 41.8. The van der Waals surface area contributed by atoms with Gasteiger partial charge in [-0.3, -0.25) is 61.0 Å². The number of benzene rings is 10. The molecule has 0 aliphatic carbocycles. The van der Waals surface area contributed by atoms with E-state index in [0.717, 1.165) is 44.5 Å². The molecule has 0 saturated carbocycles. The summed E-state index contributed by atoms with van der Waals surface area (Å²) in [7, 11) is 6.69. The van der Waals surface area contributed by atoms with Crippen molar-refractivity contribution in [1.82, 2.24) is 42.1 Å². The van der Waals surface area contributed by atoms with E-state index in [4.69, 9.17) is 59.4 Å². The molecule has 1 atom stereocenters. The van der Waals surface area contributed by atoms with Crippen LogP contribution in [0.4, 0.5) is 0 Å². The molecule has 695 valence electrons. The van der Waals surface area contributed by atoms with Crippen molar-refractivity contribution in [1.29, 1.82) is 0 Å². The number of aliphatic carboxylic acids is 1. The van der Waals surface area contributed by atoms with Gasteiger partial charge in [-0.1, -0.05) is 340 Å². The van der Waals surface area contributed by atoms with E-state index < -0.39 is 44.9 Å². The van der Waals surface area contributed by atoms with Crippen molar-refractivity contribution in [2.45, 2.75) is 29.6 Å². The van der Waals surface area contributed by atoms with Crippen LogP contribution in [0, 0.1) is 41.8 Å². The summed E-state index contributed by atoms with van der Waals surface area (Å²) >= 11 is 15.2. The Hall–Kier alpha value is -7.30. The molecule has 0 spiro atoms. The number of hydrogen-bond acceptors (Lipinski definition) is 25. The molecule has 0 bridgehead atoms. The van der Waals surface area contributed by atoms with Crippen LogP contribution in [0.1, 0.15) is 77.7 Å². The van der Waals surface area contributed by atoms with E-state index in [1.165, 1.54) is 21.6 Å². The van der Waals surface area contributed by atoms with Crippen molar-refractivity contribution in [3.05, 3.63) is 400 Å². The minimum atomic E-state index is -0.833. The zero-order valence-corrected chi connectivity index (χ0v) is 85.6. The molecular formula is C94H114Br2Cl2N12O17Y3-6. The number of rotatable bonds is 36. The van der Waals surface area contributed by atoms with Crippen LogP contribution in [0.25, 0.3) is 0 Å². The number of hydrogen-bond donors (Lipinski definition) is 13. The van der Waals surface area contributed by atoms with Gasteiger partial charge in [0.1, 0.15) is 27.0 Å². The average molecular weight is 2180 g/mol. The van der Waals surface area contributed by atoms with Gasteiger partial charge >= 0.3 is 0 Å². The number of alkyl halides is 2. The van der Waals surface area contributed by atoms with Gasteiger partial charge in [-0.15, -0.1) is 0 Å². The number of carbonyl (C=O) groups is 7. The topological polar surface area (TPSA) is 429 Å². The summed E-state index contributed by atoms with van der Waals surface area (Å²) < 4.78 is 40.5. The number of nitrogens with zero attached hydrogens (tertiary/aromatic N) is 1. The van der Waals surface area contributed by atoms with Crippen LogP contribution in [0.15, 0.2) is 297 Å². The fourth-order valence-corrected chi connectivity index (χ4v) is 11.9. The third-order valence-corrected chi connectivity index (χ3v) is 16.8. The van der Waals surface area contributed by atoms with Crippen molar-refractivity contribution >= 4 is 95.1 Å². The summed E-state index contributed by atoms with van der Waals surface area (Å²) in [4.78, 5) is 72.5. The molecule has 29 nitrogen and oxygen atoms in total. The van der Waals surface area contributed by atoms with Gasteiger partial charge in [-0.25, -0.2) is 0 Å². The van der Waals surface area contributed by atoms with Crippen molar-refractivity contribution in [3.63, 3.8) is 0 Å². The minimum Gasteiger partial charge on any atom is -0.481 e. The van der Waals surface area contributed by atoms with Crippen molar-refractivity contribution in [2.75, 3.05) is 105 Å². The molecule has 1 saturated heterocycles. The summed E-state index contributed by atoms with van der Waals surface area (Å²) in [6.45, 7) is 16.8. The number of aliphatic hydroxyl groups is 1. The van der Waals surface area contributed by atoms with E-state index >= 15 is 0 Å². The smallest absolute Gasteiger partial charge is 0.300 e. The molecule has 2 aliphatic rings. The zero-order valence-electron chi connectivity index (χ0n) is 72.4. The van der Waals surface area contributed by atoms with Gasteiger partial charge in [0.15, 0.2) is 6.79 Å². The quantitative estimate of drug-likeness (QED) is 0.00166. The summed E-state index contributed by atoms with van der Waals surface area (Å²) in [5.74, 6) is 5.91. The number of carbonyl (C=O) groups excluding carboxylic acids is 6. The average Bonchev–Trinajstić information content (AvgIpc) is 1.19. The van der Waals surface area contributed by atoms with Gasteiger partial charge < -0.3 is 128 Å². The molecule has 36 heteroatoms. The molecule has 0 aromatic heterocycles. The van der Waals surface area contributed by atoms with E-state index in [1.54, 1.807) is 24.3 Å². The summed E-state index contributed by atoms with van der Waals surface area (Å²) in [5.41, 5.74) is 19.5. The number of ether oxygens (including phenoxy) is 8. The number of carboxylic acids is 1. The molecule has 2 aliphatic heterocycles. The van der Waals surface area contributed by atoms with Crippen LogP contribution < -0.4 is 60.4 Å². The van der Waals surface area contributed by atoms with Crippen molar-refractivity contribution in [2.24, 2.45) is 23.2 Å². The standard InChI is InChI=1S/C41H38N2O.C20H19NO.C11H9NO3.C7H12N2O4.C5H12N2O2.C3H10N2O2.2C2H2ClO.C2H4O2.CH2Br2.H4N2.3Y/c1-7-19-34(20-8-1)40(35-21-9-2-10-22-35,36-23-11-3-12-24-36)42-31-32-44-33-43-41(37-25-13-4-14-26-37,38-27-15-5-16-28-38)39-29-17-6-18-30-39;22-16-21-20(17-10-4-1-5-11-17,18-12-6-2-7-13-18)19-14-8-3-9-15-19;13-10-8-3-1-2-4-9(8)11(14)12(10)5-7-6-15-7;1-6(10)8-3-12-5-13-4-9-7(2)11;1-6-3-8-5-9-4-7-2;4-1-6-3-7-2-5;3*1-2(3)4;2-1-3;1-2;;;/h1-30,42-43H,31-33H2;1-15,21-22H,16H2;1-4,7H,5-6H2;1-5H2,(H,8,10)(H,9,11);6-7H,1-5H2;1-5H2;2*1H2;1H3,(H,3,4);1H2;1-2H2;;;/q;;;2*-2;;2*-1;;;;;;. The van der Waals surface area contributed by atoms with E-state index in [9.17, 15) is 24.3 Å². The number of nitrogens with one attached hydrogen (secondary N) is 7. The molecule has 10 aromatic rings. The Kier molecular flexibility index (Phi) is 74.9. The number of hydrazine groups is 1. The maximum absolute atomic E-state index is 11.8. The fraction of sp³-hybridized carbons (Fsp3) is 0.223. The molecule has 17 N–H and O–H groups in total. The SMILES string of the molecule is BrCBr.CC(=O)O.NCOCOCN.NN.O=C1c2ccccc2C(=O)N1CC1CO1.OCNC(c1ccccc1)(c1ccccc1)c1ccccc1.[CH2-]C(=O)Cl.[CH2-]C(=O)Cl.[CH2-]C(=O)NCOCOCNC([CH2-])=O.[CH2-]NCOCOCN[CH2-].[Y].[Y].[Y].c1ccc(C(NCCOCNC(c2ccccc2)(c2ccccc2)c2ccccc2)(c2ccccc2)c2ccccc2)cc1. The zero-order chi connectivity index (χ0) is 93.6. The van der Waals surface area contributed by atoms with Crippen LogP contribution in [0.3, 0.4) is 0 Å². The second-order valence-electron chi connectivity index (χ2n) is 25.3. The predicted octanol–water partition coefficient (Wildman–Crippen LogP) is 11.4. The Morgan fingerprint density at radius 2 is 0.646 bits per heavy atom. The Morgan fingerprint density at radius 1 is 0.423 bits per heavy atom. The first-order chi connectivity index (χ1) is 61.5. The fourth-order valence-electron chi connectivity index (χ4n) is 11.9. The minimum absolute atomic E-state index is 0. The van der Waals surface area contributed by atoms with Gasteiger partial charge in [0.05, 0.1) is 121 Å². The normalized spacial score (nSPS) is 11.4. The van der Waals surface area contributed by atoms with E-state index in [-0.39, 0.29) is 170 Å². The second kappa shape index (κ2) is 78.1. The van der Waals surface area contributed by atoms with Gasteiger partial charge in [0, 0.05) is 112 Å². The summed E-state index contributed by atoms with van der Waals surface area (Å²) in [6.07, 6.45) is 0.0483. The molecular weight excluding hydrogens is 2070 g/mol. The number of fused-ring (bicyclic) bond motifs is 1. The van der Waals surface area contributed by atoms with Gasteiger partial charge in [-0.05, 0) is 62.2 Å². The number of halogens is 4. The van der Waals surface area contributed by atoms with Crippen LogP contribution in [-0.4, -0.2) is 166 Å². The third-order valence-electron chi connectivity index (χ3n) is 16.8. The monoisotopic (exact) mass is 2180 g/mol. The first kappa shape index (κ1) is 125. The maximum Gasteiger partial charge on any atom is 0.300 e. The van der Waals surface area contributed by atoms with E-state index in [1.807, 2.05) is 54.6 Å². The molecule has 130 heavy (non-hydrogen) atoms. The molecule has 12 rings (SSSR count).